The van der Waals surface area contributed by atoms with Crippen LogP contribution in [-0.2, 0) is 0 Å². The molecule has 1 saturated heterocycles. The number of likely N-dealkylation sites (tertiary alicyclic amines) is 1. The van der Waals surface area contributed by atoms with Gasteiger partial charge in [-0.15, -0.1) is 0 Å². The van der Waals surface area contributed by atoms with E-state index < -0.39 is 0 Å². The molecule has 0 aromatic rings. The van der Waals surface area contributed by atoms with Crippen LogP contribution in [0.25, 0.3) is 0 Å². The number of hydrogen-bond acceptors (Lipinski definition) is 2. The van der Waals surface area contributed by atoms with Gasteiger partial charge in [0.15, 0.2) is 0 Å². The molecule has 4 nitrogen and oxygen atoms in total. The highest BCUT2D eigenvalue weighted by Gasteiger charge is 2.23. The lowest BCUT2D eigenvalue weighted by atomic mass is 9.99. The van der Waals surface area contributed by atoms with Crippen molar-refractivity contribution in [2.24, 2.45) is 11.8 Å². The van der Waals surface area contributed by atoms with E-state index in [1.54, 1.807) is 0 Å². The molecule has 2 amide bonds. The number of nitrogens with one attached hydrogen (secondary N) is 1. The van der Waals surface area contributed by atoms with Gasteiger partial charge in [-0.3, -0.25) is 0 Å². The molecule has 1 fully saturated rings. The number of urea groups is 1. The van der Waals surface area contributed by atoms with E-state index in [4.69, 9.17) is 5.11 Å². The lowest BCUT2D eigenvalue weighted by molar-refractivity contribution is 0.154. The van der Waals surface area contributed by atoms with Gasteiger partial charge < -0.3 is 15.3 Å². The molecule has 0 unspecified atom stereocenters. The van der Waals surface area contributed by atoms with Gasteiger partial charge in [0.1, 0.15) is 0 Å². The van der Waals surface area contributed by atoms with Crippen molar-refractivity contribution in [3.05, 3.63) is 0 Å². The molecule has 16 heavy (non-hydrogen) atoms. The number of piperidine rings is 1. The molecule has 0 aliphatic carbocycles. The zero-order valence-electron chi connectivity index (χ0n) is 10.6. The molecule has 0 bridgehead atoms. The third-order valence-corrected chi connectivity index (χ3v) is 3.38. The van der Waals surface area contributed by atoms with Gasteiger partial charge in [-0.25, -0.2) is 4.79 Å². The van der Waals surface area contributed by atoms with Gasteiger partial charge in [0, 0.05) is 13.1 Å². The number of carbonyl (C=O) groups excluding carboxylic acids is 1. The first-order chi connectivity index (χ1) is 7.54. The molecule has 1 aliphatic rings. The van der Waals surface area contributed by atoms with Gasteiger partial charge in [-0.05, 0) is 24.7 Å². The highest BCUT2D eigenvalue weighted by Crippen LogP contribution is 2.16. The number of rotatable bonds is 3. The molecule has 0 spiro atoms. The first-order valence-electron chi connectivity index (χ1n) is 6.21. The summed E-state index contributed by atoms with van der Waals surface area (Å²) in [6, 6.07) is -0.161. The van der Waals surface area contributed by atoms with E-state index in [1.165, 1.54) is 0 Å². The number of hydrogen-bond donors (Lipinski definition) is 2. The van der Waals surface area contributed by atoms with E-state index in [0.717, 1.165) is 31.8 Å². The summed E-state index contributed by atoms with van der Waals surface area (Å²) >= 11 is 0. The van der Waals surface area contributed by atoms with Crippen molar-refractivity contribution in [1.82, 2.24) is 10.2 Å². The second kappa shape index (κ2) is 6.09. The molecule has 1 rings (SSSR count). The SMILES string of the molecule is CC1CCN(C(=O)N[C@H](CO)C(C)C)CC1. The average Bonchev–Trinajstić information content (AvgIpc) is 2.26. The topological polar surface area (TPSA) is 52.6 Å². The van der Waals surface area contributed by atoms with Crippen LogP contribution in [0.1, 0.15) is 33.6 Å². The normalized spacial score (nSPS) is 19.9. The molecule has 0 saturated carbocycles. The minimum atomic E-state index is -0.133. The Bertz CT molecular complexity index is 223. The Hall–Kier alpha value is -0.770. The summed E-state index contributed by atoms with van der Waals surface area (Å²) in [6.07, 6.45) is 2.16. The summed E-state index contributed by atoms with van der Waals surface area (Å²) in [7, 11) is 0. The molecule has 0 aromatic heterocycles. The minimum absolute atomic E-state index is 0.00759. The minimum Gasteiger partial charge on any atom is -0.394 e. The summed E-state index contributed by atoms with van der Waals surface area (Å²) in [4.78, 5) is 13.7. The van der Waals surface area contributed by atoms with Crippen LogP contribution in [0.4, 0.5) is 4.79 Å². The van der Waals surface area contributed by atoms with Crippen molar-refractivity contribution in [3.63, 3.8) is 0 Å². The maximum Gasteiger partial charge on any atom is 0.317 e. The molecule has 1 atom stereocenters. The van der Waals surface area contributed by atoms with E-state index in [0.29, 0.717) is 0 Å². The number of aliphatic hydroxyl groups excluding tert-OH is 1. The fourth-order valence-corrected chi connectivity index (χ4v) is 1.88. The molecular formula is C12H24N2O2. The van der Waals surface area contributed by atoms with E-state index in [9.17, 15) is 4.79 Å². The van der Waals surface area contributed by atoms with Crippen LogP contribution in [0.2, 0.25) is 0 Å². The monoisotopic (exact) mass is 228 g/mol. The summed E-state index contributed by atoms with van der Waals surface area (Å²) in [5.74, 6) is 0.987. The summed E-state index contributed by atoms with van der Waals surface area (Å²) < 4.78 is 0. The summed E-state index contributed by atoms with van der Waals surface area (Å²) in [5, 5.41) is 12.0. The van der Waals surface area contributed by atoms with Gasteiger partial charge in [0.25, 0.3) is 0 Å². The van der Waals surface area contributed by atoms with Gasteiger partial charge in [0.05, 0.1) is 12.6 Å². The Balaban J connectivity index is 2.39. The lowest BCUT2D eigenvalue weighted by Crippen LogP contribution is -2.50. The van der Waals surface area contributed by atoms with Crippen molar-refractivity contribution in [2.45, 2.75) is 39.7 Å². The zero-order valence-corrected chi connectivity index (χ0v) is 10.6. The lowest BCUT2D eigenvalue weighted by Gasteiger charge is -2.32. The van der Waals surface area contributed by atoms with E-state index in [-0.39, 0.29) is 24.6 Å². The molecule has 4 heteroatoms. The predicted molar refractivity (Wildman–Crippen MR) is 64.2 cm³/mol. The van der Waals surface area contributed by atoms with Crippen molar-refractivity contribution in [1.29, 1.82) is 0 Å². The maximum absolute atomic E-state index is 11.9. The molecule has 94 valence electrons. The maximum atomic E-state index is 11.9. The fourth-order valence-electron chi connectivity index (χ4n) is 1.88. The highest BCUT2D eigenvalue weighted by molar-refractivity contribution is 5.74. The van der Waals surface area contributed by atoms with Gasteiger partial charge in [-0.1, -0.05) is 20.8 Å². The van der Waals surface area contributed by atoms with Crippen LogP contribution in [0.5, 0.6) is 0 Å². The molecular weight excluding hydrogens is 204 g/mol. The summed E-state index contributed by atoms with van der Waals surface area (Å²) in [6.45, 7) is 7.90. The number of aliphatic hydroxyl groups is 1. The van der Waals surface area contributed by atoms with Gasteiger partial charge >= 0.3 is 6.03 Å². The Morgan fingerprint density at radius 1 is 1.44 bits per heavy atom. The molecule has 1 heterocycles. The van der Waals surface area contributed by atoms with Gasteiger partial charge in [-0.2, -0.15) is 0 Å². The quantitative estimate of drug-likeness (QED) is 0.768. The predicted octanol–water partition coefficient (Wildman–Crippen LogP) is 1.44. The average molecular weight is 228 g/mol. The van der Waals surface area contributed by atoms with Crippen molar-refractivity contribution in [3.8, 4) is 0 Å². The highest BCUT2D eigenvalue weighted by atomic mass is 16.3. The smallest absolute Gasteiger partial charge is 0.317 e. The zero-order chi connectivity index (χ0) is 12.1. The molecule has 0 aromatic carbocycles. The van der Waals surface area contributed by atoms with Crippen molar-refractivity contribution >= 4 is 6.03 Å². The largest absolute Gasteiger partial charge is 0.394 e. The molecule has 0 radical (unpaired) electrons. The van der Waals surface area contributed by atoms with E-state index in [2.05, 4.69) is 12.2 Å². The second-order valence-corrected chi connectivity index (χ2v) is 5.15. The Kier molecular flexibility index (Phi) is 5.06. The third kappa shape index (κ3) is 3.67. The first kappa shape index (κ1) is 13.3. The van der Waals surface area contributed by atoms with Crippen LogP contribution in [0.15, 0.2) is 0 Å². The second-order valence-electron chi connectivity index (χ2n) is 5.15. The number of carbonyl (C=O) groups is 1. The van der Waals surface area contributed by atoms with Crippen LogP contribution < -0.4 is 5.32 Å². The third-order valence-electron chi connectivity index (χ3n) is 3.38. The van der Waals surface area contributed by atoms with Crippen LogP contribution in [0.3, 0.4) is 0 Å². The Morgan fingerprint density at radius 2 is 2.00 bits per heavy atom. The van der Waals surface area contributed by atoms with Crippen molar-refractivity contribution < 1.29 is 9.90 Å². The standard InChI is InChI=1S/C12H24N2O2/c1-9(2)11(8-15)13-12(16)14-6-4-10(3)5-7-14/h9-11,15H,4-8H2,1-3H3,(H,13,16)/t11-/m1/s1. The Morgan fingerprint density at radius 3 is 2.44 bits per heavy atom. The van der Waals surface area contributed by atoms with Crippen LogP contribution in [0, 0.1) is 11.8 Å². The number of amides is 2. The summed E-state index contributed by atoms with van der Waals surface area (Å²) in [5.41, 5.74) is 0. The van der Waals surface area contributed by atoms with E-state index >= 15 is 0 Å². The van der Waals surface area contributed by atoms with E-state index in [1.807, 2.05) is 18.7 Å². The van der Waals surface area contributed by atoms with Crippen LogP contribution in [-0.4, -0.2) is 41.8 Å². The molecule has 1 aliphatic heterocycles. The fraction of sp³-hybridized carbons (Fsp3) is 0.917. The Labute approximate surface area is 98.0 Å². The van der Waals surface area contributed by atoms with Crippen molar-refractivity contribution in [2.75, 3.05) is 19.7 Å². The van der Waals surface area contributed by atoms with Crippen LogP contribution >= 0.6 is 0 Å². The number of nitrogens with zero attached hydrogens (tertiary/aromatic N) is 1. The molecule has 2 N–H and O–H groups in total. The first-order valence-corrected chi connectivity index (χ1v) is 6.21. The van der Waals surface area contributed by atoms with Gasteiger partial charge in [0.2, 0.25) is 0 Å².